The van der Waals surface area contributed by atoms with Gasteiger partial charge in [0.25, 0.3) is 5.91 Å². The van der Waals surface area contributed by atoms with Gasteiger partial charge in [0.15, 0.2) is 5.76 Å². The monoisotopic (exact) mass is 477 g/mol. The van der Waals surface area contributed by atoms with Crippen LogP contribution in [-0.2, 0) is 9.59 Å². The number of furan rings is 1. The zero-order valence-electron chi connectivity index (χ0n) is 19.5. The molecule has 4 rings (SSSR count). The largest absolute Gasteiger partial charge is 0.459 e. The topological polar surface area (TPSA) is 91.7 Å². The Morgan fingerprint density at radius 2 is 1.74 bits per heavy atom. The Morgan fingerprint density at radius 1 is 1.03 bits per heavy atom. The highest BCUT2D eigenvalue weighted by molar-refractivity contribution is 6.04. The molecule has 1 aliphatic carbocycles. The van der Waals surface area contributed by atoms with Crippen LogP contribution in [0.4, 0.5) is 10.1 Å². The summed E-state index contributed by atoms with van der Waals surface area (Å²) < 4.78 is 18.8. The average molecular weight is 478 g/mol. The van der Waals surface area contributed by atoms with E-state index in [4.69, 9.17) is 4.42 Å². The maximum Gasteiger partial charge on any atom is 0.287 e. The number of para-hydroxylation sites is 1. The first kappa shape index (κ1) is 24.2. The zero-order valence-corrected chi connectivity index (χ0v) is 19.5. The molecule has 2 aromatic carbocycles. The van der Waals surface area contributed by atoms with Crippen molar-refractivity contribution >= 4 is 23.4 Å². The second-order valence-corrected chi connectivity index (χ2v) is 8.65. The molecule has 0 spiro atoms. The van der Waals surface area contributed by atoms with Gasteiger partial charge in [-0.3, -0.25) is 19.3 Å². The Kier molecular flexibility index (Phi) is 7.60. The predicted octanol–water partition coefficient (Wildman–Crippen LogP) is 4.29. The van der Waals surface area contributed by atoms with Crippen molar-refractivity contribution in [3.05, 3.63) is 89.6 Å². The Bertz CT molecular complexity index is 1170. The lowest BCUT2D eigenvalue weighted by Gasteiger charge is -2.33. The van der Waals surface area contributed by atoms with Gasteiger partial charge in [-0.25, -0.2) is 4.39 Å². The van der Waals surface area contributed by atoms with Gasteiger partial charge < -0.3 is 15.1 Å². The predicted molar refractivity (Wildman–Crippen MR) is 129 cm³/mol. The molecule has 0 bridgehead atoms. The third-order valence-corrected chi connectivity index (χ3v) is 6.18. The van der Waals surface area contributed by atoms with Crippen molar-refractivity contribution in [2.24, 2.45) is 0 Å². The highest BCUT2D eigenvalue weighted by Crippen LogP contribution is 2.31. The minimum Gasteiger partial charge on any atom is -0.459 e. The first-order chi connectivity index (χ1) is 16.9. The highest BCUT2D eigenvalue weighted by atomic mass is 19.1. The summed E-state index contributed by atoms with van der Waals surface area (Å²) in [6, 6.07) is 14.8. The van der Waals surface area contributed by atoms with Crippen LogP contribution in [0.5, 0.6) is 0 Å². The molecule has 3 amide bonds. The molecule has 0 saturated heterocycles. The molecule has 8 heteroatoms. The first-order valence-electron chi connectivity index (χ1n) is 11.7. The Labute approximate surface area is 203 Å². The van der Waals surface area contributed by atoms with Gasteiger partial charge in [-0.1, -0.05) is 43.2 Å². The molecule has 1 saturated carbocycles. The van der Waals surface area contributed by atoms with E-state index in [0.29, 0.717) is 11.3 Å². The number of aryl methyl sites for hydroxylation is 1. The maximum absolute atomic E-state index is 13.7. The van der Waals surface area contributed by atoms with E-state index in [1.165, 1.54) is 41.5 Å². The number of benzene rings is 2. The molecule has 0 radical (unpaired) electrons. The quantitative estimate of drug-likeness (QED) is 0.506. The number of hydrogen-bond acceptors (Lipinski definition) is 4. The van der Waals surface area contributed by atoms with Crippen molar-refractivity contribution in [3.8, 4) is 0 Å². The fraction of sp³-hybridized carbons (Fsp3) is 0.296. The van der Waals surface area contributed by atoms with Crippen LogP contribution in [0.25, 0.3) is 0 Å². The Balaban J connectivity index is 1.69. The van der Waals surface area contributed by atoms with Crippen LogP contribution in [0, 0.1) is 12.7 Å². The third-order valence-electron chi connectivity index (χ3n) is 6.18. The number of amides is 3. The van der Waals surface area contributed by atoms with Gasteiger partial charge in [0.05, 0.1) is 12.8 Å². The lowest BCUT2D eigenvalue weighted by molar-refractivity contribution is -0.126. The summed E-state index contributed by atoms with van der Waals surface area (Å²) in [5.74, 6) is -1.74. The van der Waals surface area contributed by atoms with E-state index < -0.39 is 23.7 Å². The smallest absolute Gasteiger partial charge is 0.287 e. The number of anilines is 1. The second-order valence-electron chi connectivity index (χ2n) is 8.65. The van der Waals surface area contributed by atoms with Crippen LogP contribution in [0.15, 0.2) is 71.3 Å². The van der Waals surface area contributed by atoms with Crippen LogP contribution in [0.3, 0.4) is 0 Å². The van der Waals surface area contributed by atoms with Crippen molar-refractivity contribution in [2.45, 2.75) is 44.7 Å². The van der Waals surface area contributed by atoms with Gasteiger partial charge in [0.2, 0.25) is 11.8 Å². The molecule has 0 aliphatic heterocycles. The molecular formula is C27H28FN3O4. The molecule has 1 atom stereocenters. The summed E-state index contributed by atoms with van der Waals surface area (Å²) in [6.45, 7) is 1.48. The number of carbonyl (C=O) groups excluding carboxylic acids is 3. The van der Waals surface area contributed by atoms with Gasteiger partial charge in [0, 0.05) is 11.7 Å². The lowest BCUT2D eigenvalue weighted by atomic mass is 10.0. The number of nitrogens with zero attached hydrogens (tertiary/aromatic N) is 1. The molecule has 0 unspecified atom stereocenters. The van der Waals surface area contributed by atoms with Crippen LogP contribution >= 0.6 is 0 Å². The summed E-state index contributed by atoms with van der Waals surface area (Å²) in [5, 5.41) is 5.64. The Morgan fingerprint density at radius 3 is 2.40 bits per heavy atom. The molecule has 35 heavy (non-hydrogen) atoms. The number of rotatable bonds is 8. The summed E-state index contributed by atoms with van der Waals surface area (Å²) in [6.07, 6.45) is 5.18. The number of halogens is 1. The maximum atomic E-state index is 13.7. The fourth-order valence-electron chi connectivity index (χ4n) is 4.40. The number of nitrogens with one attached hydrogen (secondary N) is 2. The fourth-order valence-corrected chi connectivity index (χ4v) is 4.40. The van der Waals surface area contributed by atoms with Gasteiger partial charge in [-0.05, 0) is 61.2 Å². The molecular weight excluding hydrogens is 449 g/mol. The van der Waals surface area contributed by atoms with Gasteiger partial charge in [-0.2, -0.15) is 0 Å². The van der Waals surface area contributed by atoms with Crippen molar-refractivity contribution in [1.82, 2.24) is 10.6 Å². The van der Waals surface area contributed by atoms with Crippen LogP contribution in [0.1, 0.15) is 53.4 Å². The van der Waals surface area contributed by atoms with E-state index in [1.54, 1.807) is 18.2 Å². The molecule has 7 nitrogen and oxygen atoms in total. The van der Waals surface area contributed by atoms with Crippen molar-refractivity contribution in [3.63, 3.8) is 0 Å². The SMILES string of the molecule is Cc1ccccc1N(C(=O)CNC(=O)c1ccco1)[C@H](C(=O)NC1CCCC1)c1ccc(F)cc1. The van der Waals surface area contributed by atoms with E-state index >= 15 is 0 Å². The van der Waals surface area contributed by atoms with E-state index in [0.717, 1.165) is 31.2 Å². The normalized spacial score (nSPS) is 14.3. The molecule has 1 aliphatic rings. The summed E-state index contributed by atoms with van der Waals surface area (Å²) in [4.78, 5) is 41.0. The molecule has 182 valence electrons. The average Bonchev–Trinajstić information content (AvgIpc) is 3.57. The van der Waals surface area contributed by atoms with Crippen molar-refractivity contribution < 1.29 is 23.2 Å². The van der Waals surface area contributed by atoms with E-state index in [9.17, 15) is 18.8 Å². The van der Waals surface area contributed by atoms with Crippen molar-refractivity contribution in [2.75, 3.05) is 11.4 Å². The number of carbonyl (C=O) groups is 3. The van der Waals surface area contributed by atoms with Crippen LogP contribution in [-0.4, -0.2) is 30.3 Å². The molecule has 1 fully saturated rings. The van der Waals surface area contributed by atoms with Crippen molar-refractivity contribution in [1.29, 1.82) is 0 Å². The van der Waals surface area contributed by atoms with Crippen LogP contribution < -0.4 is 15.5 Å². The standard InChI is InChI=1S/C27H28FN3O4/c1-18-7-2-5-10-22(18)31(24(32)17-29-26(33)23-11-6-16-35-23)25(19-12-14-20(28)15-13-19)27(34)30-21-8-3-4-9-21/h2,5-7,10-16,21,25H,3-4,8-9,17H2,1H3,(H,29,33)(H,30,34)/t25-/m0/s1. The Hall–Kier alpha value is -3.94. The third kappa shape index (κ3) is 5.77. The van der Waals surface area contributed by atoms with Crippen LogP contribution in [0.2, 0.25) is 0 Å². The molecule has 3 aromatic rings. The summed E-state index contributed by atoms with van der Waals surface area (Å²) in [7, 11) is 0. The molecule has 1 aromatic heterocycles. The second kappa shape index (κ2) is 11.0. The molecule has 2 N–H and O–H groups in total. The first-order valence-corrected chi connectivity index (χ1v) is 11.7. The number of hydrogen-bond donors (Lipinski definition) is 2. The molecule has 1 heterocycles. The van der Waals surface area contributed by atoms with Gasteiger partial charge in [-0.15, -0.1) is 0 Å². The van der Waals surface area contributed by atoms with E-state index in [1.807, 2.05) is 19.1 Å². The zero-order chi connectivity index (χ0) is 24.8. The summed E-state index contributed by atoms with van der Waals surface area (Å²) in [5.41, 5.74) is 1.77. The highest BCUT2D eigenvalue weighted by Gasteiger charge is 2.35. The van der Waals surface area contributed by atoms with Gasteiger partial charge in [0.1, 0.15) is 11.9 Å². The minimum atomic E-state index is -1.05. The van der Waals surface area contributed by atoms with E-state index in [-0.39, 0.29) is 24.3 Å². The summed E-state index contributed by atoms with van der Waals surface area (Å²) >= 11 is 0. The minimum absolute atomic E-state index is 0.0259. The van der Waals surface area contributed by atoms with E-state index in [2.05, 4.69) is 10.6 Å². The lowest BCUT2D eigenvalue weighted by Crippen LogP contribution is -2.49. The van der Waals surface area contributed by atoms with Gasteiger partial charge >= 0.3 is 0 Å².